The molecule has 0 bridgehead atoms. The minimum absolute atomic E-state index is 0.181. The third-order valence-electron chi connectivity index (χ3n) is 2.10. The molecule has 0 aliphatic carbocycles. The highest BCUT2D eigenvalue weighted by atomic mass is 32.2. The Labute approximate surface area is 91.1 Å². The van der Waals surface area contributed by atoms with Crippen LogP contribution in [0.3, 0.4) is 0 Å². The van der Waals surface area contributed by atoms with E-state index in [9.17, 15) is 14.7 Å². The number of rotatable bonds is 3. The lowest BCUT2D eigenvalue weighted by atomic mass is 10.2. The second-order valence-corrected chi connectivity index (χ2v) is 5.36. The Balaban J connectivity index is 3.17. The molecule has 1 aromatic rings. The first-order valence-corrected chi connectivity index (χ1v) is 5.66. The van der Waals surface area contributed by atoms with Crippen molar-refractivity contribution in [3.05, 3.63) is 26.9 Å². The zero-order chi connectivity index (χ0) is 11.6. The molecule has 1 aromatic heterocycles. The van der Waals surface area contributed by atoms with E-state index in [1.165, 1.54) is 0 Å². The molecule has 84 valence electrons. The van der Waals surface area contributed by atoms with Crippen LogP contribution in [0.15, 0.2) is 15.7 Å². The van der Waals surface area contributed by atoms with Crippen molar-refractivity contribution in [1.29, 1.82) is 0 Å². The number of nitrogens with zero attached hydrogens (tertiary/aromatic N) is 1. The lowest BCUT2D eigenvalue weighted by Gasteiger charge is -2.23. The van der Waals surface area contributed by atoms with Crippen LogP contribution in [0, 0.1) is 0 Å². The summed E-state index contributed by atoms with van der Waals surface area (Å²) in [6, 6.07) is 0.998. The number of H-pyrrole nitrogens is 1. The van der Waals surface area contributed by atoms with Gasteiger partial charge in [-0.15, -0.1) is 0 Å². The number of thioether (sulfide) groups is 1. The van der Waals surface area contributed by atoms with Crippen LogP contribution in [0.5, 0.6) is 5.88 Å². The number of hydrogen-bond donors (Lipinski definition) is 2. The summed E-state index contributed by atoms with van der Waals surface area (Å²) in [5.74, 6) is -0.300. The summed E-state index contributed by atoms with van der Waals surface area (Å²) in [7, 11) is 0. The number of aromatic nitrogens is 2. The average Bonchev–Trinajstić information content (AvgIpc) is 2.11. The van der Waals surface area contributed by atoms with Crippen LogP contribution >= 0.6 is 11.8 Å². The zero-order valence-electron chi connectivity index (χ0n) is 8.90. The standard InChI is InChI=1S/C9H14N2O3S/c1-9(2,15-3)5-11-7(13)4-6(12)10-8(11)14/h4,13H,5H2,1-3H3,(H,10,12,14). The first-order chi connectivity index (χ1) is 6.85. The fraction of sp³-hybridized carbons (Fsp3) is 0.556. The molecule has 6 heteroatoms. The molecule has 0 unspecified atom stereocenters. The highest BCUT2D eigenvalue weighted by Crippen LogP contribution is 2.23. The lowest BCUT2D eigenvalue weighted by Crippen LogP contribution is -2.34. The Kier molecular flexibility index (Phi) is 3.28. The van der Waals surface area contributed by atoms with Crippen molar-refractivity contribution in [2.24, 2.45) is 0 Å². The molecular formula is C9H14N2O3S. The molecule has 0 radical (unpaired) electrons. The third-order valence-corrected chi connectivity index (χ3v) is 3.34. The first kappa shape index (κ1) is 11.9. The topological polar surface area (TPSA) is 75.1 Å². The number of nitrogens with one attached hydrogen (secondary N) is 1. The van der Waals surface area contributed by atoms with E-state index in [2.05, 4.69) is 4.98 Å². The zero-order valence-corrected chi connectivity index (χ0v) is 9.72. The van der Waals surface area contributed by atoms with Gasteiger partial charge >= 0.3 is 5.69 Å². The Morgan fingerprint density at radius 2 is 2.13 bits per heavy atom. The van der Waals surface area contributed by atoms with E-state index in [0.717, 1.165) is 10.6 Å². The summed E-state index contributed by atoms with van der Waals surface area (Å²) in [6.07, 6.45) is 1.92. The Hall–Kier alpha value is -1.17. The molecule has 0 amide bonds. The normalized spacial score (nSPS) is 11.7. The van der Waals surface area contributed by atoms with Gasteiger partial charge in [0.15, 0.2) is 0 Å². The van der Waals surface area contributed by atoms with Gasteiger partial charge in [-0.25, -0.2) is 4.79 Å². The number of hydrogen-bond acceptors (Lipinski definition) is 4. The smallest absolute Gasteiger partial charge is 0.331 e. The summed E-state index contributed by atoms with van der Waals surface area (Å²) in [5.41, 5.74) is -1.17. The fourth-order valence-corrected chi connectivity index (χ4v) is 1.36. The molecule has 2 N–H and O–H groups in total. The van der Waals surface area contributed by atoms with Gasteiger partial charge in [0, 0.05) is 11.3 Å². The maximum atomic E-state index is 11.4. The highest BCUT2D eigenvalue weighted by Gasteiger charge is 2.19. The SMILES string of the molecule is CSC(C)(C)Cn1c(O)cc(=O)[nH]c1=O. The predicted molar refractivity (Wildman–Crippen MR) is 60.6 cm³/mol. The highest BCUT2D eigenvalue weighted by molar-refractivity contribution is 7.99. The predicted octanol–water partition coefficient (Wildman–Crippen LogP) is 0.384. The summed E-state index contributed by atoms with van der Waals surface area (Å²) in [4.78, 5) is 24.4. The van der Waals surface area contributed by atoms with Gasteiger partial charge in [0.25, 0.3) is 5.56 Å². The van der Waals surface area contributed by atoms with Crippen LogP contribution in [0.2, 0.25) is 0 Å². The molecule has 0 aliphatic rings. The molecular weight excluding hydrogens is 216 g/mol. The van der Waals surface area contributed by atoms with E-state index in [4.69, 9.17) is 0 Å². The molecule has 0 aromatic carbocycles. The minimum atomic E-state index is -0.587. The van der Waals surface area contributed by atoms with Gasteiger partial charge in [0.1, 0.15) is 0 Å². The lowest BCUT2D eigenvalue weighted by molar-refractivity contribution is 0.386. The van der Waals surface area contributed by atoms with E-state index < -0.39 is 11.2 Å². The largest absolute Gasteiger partial charge is 0.494 e. The monoisotopic (exact) mass is 230 g/mol. The van der Waals surface area contributed by atoms with Crippen molar-refractivity contribution in [2.45, 2.75) is 25.1 Å². The summed E-state index contributed by atoms with van der Waals surface area (Å²) in [6.45, 7) is 4.25. The number of aromatic amines is 1. The Morgan fingerprint density at radius 1 is 1.53 bits per heavy atom. The van der Waals surface area contributed by atoms with Crippen molar-refractivity contribution < 1.29 is 5.11 Å². The van der Waals surface area contributed by atoms with Gasteiger partial charge in [0.05, 0.1) is 6.07 Å². The quantitative estimate of drug-likeness (QED) is 0.787. The Morgan fingerprint density at radius 3 is 2.60 bits per heavy atom. The van der Waals surface area contributed by atoms with E-state index in [1.807, 2.05) is 20.1 Å². The van der Waals surface area contributed by atoms with Crippen molar-refractivity contribution in [2.75, 3.05) is 6.26 Å². The van der Waals surface area contributed by atoms with E-state index >= 15 is 0 Å². The molecule has 0 aliphatic heterocycles. The molecule has 0 spiro atoms. The van der Waals surface area contributed by atoms with Gasteiger partial charge < -0.3 is 5.11 Å². The summed E-state index contributed by atoms with van der Waals surface area (Å²) < 4.78 is 0.970. The van der Waals surface area contributed by atoms with Crippen LogP contribution in [0.25, 0.3) is 0 Å². The van der Waals surface area contributed by atoms with Gasteiger partial charge in [-0.1, -0.05) is 0 Å². The van der Waals surface area contributed by atoms with Gasteiger partial charge in [-0.2, -0.15) is 11.8 Å². The fourth-order valence-electron chi connectivity index (χ4n) is 1.11. The van der Waals surface area contributed by atoms with Crippen molar-refractivity contribution >= 4 is 11.8 Å². The summed E-state index contributed by atoms with van der Waals surface area (Å²) in [5, 5.41) is 9.46. The van der Waals surface area contributed by atoms with Crippen molar-refractivity contribution in [1.82, 2.24) is 9.55 Å². The maximum absolute atomic E-state index is 11.4. The van der Waals surface area contributed by atoms with E-state index in [-0.39, 0.29) is 10.6 Å². The molecule has 0 fully saturated rings. The van der Waals surface area contributed by atoms with Gasteiger partial charge in [-0.05, 0) is 20.1 Å². The molecule has 5 nitrogen and oxygen atoms in total. The van der Waals surface area contributed by atoms with Crippen molar-refractivity contribution in [3.63, 3.8) is 0 Å². The van der Waals surface area contributed by atoms with Gasteiger partial charge in [-0.3, -0.25) is 14.3 Å². The van der Waals surface area contributed by atoms with Crippen LogP contribution in [-0.4, -0.2) is 25.7 Å². The summed E-state index contributed by atoms with van der Waals surface area (Å²) >= 11 is 1.58. The van der Waals surface area contributed by atoms with Gasteiger partial charge in [0.2, 0.25) is 5.88 Å². The molecule has 15 heavy (non-hydrogen) atoms. The minimum Gasteiger partial charge on any atom is -0.494 e. The molecule has 1 rings (SSSR count). The second-order valence-electron chi connectivity index (χ2n) is 3.85. The van der Waals surface area contributed by atoms with E-state index in [1.54, 1.807) is 11.8 Å². The van der Waals surface area contributed by atoms with Crippen LogP contribution < -0.4 is 11.2 Å². The second kappa shape index (κ2) is 4.14. The van der Waals surface area contributed by atoms with Crippen molar-refractivity contribution in [3.8, 4) is 5.88 Å². The van der Waals surface area contributed by atoms with E-state index in [0.29, 0.717) is 6.54 Å². The molecule has 1 heterocycles. The Bertz CT molecular complexity index is 461. The number of aromatic hydroxyl groups is 1. The molecule has 0 atom stereocenters. The maximum Gasteiger partial charge on any atom is 0.331 e. The third kappa shape index (κ3) is 2.89. The molecule has 0 saturated carbocycles. The van der Waals surface area contributed by atoms with Crippen LogP contribution in [0.4, 0.5) is 0 Å². The molecule has 0 saturated heterocycles. The van der Waals surface area contributed by atoms with Crippen LogP contribution in [-0.2, 0) is 6.54 Å². The first-order valence-electron chi connectivity index (χ1n) is 4.44. The van der Waals surface area contributed by atoms with Crippen LogP contribution in [0.1, 0.15) is 13.8 Å². The average molecular weight is 230 g/mol.